The number of aliphatic hydroxyl groups is 1. The van der Waals surface area contributed by atoms with Crippen LogP contribution < -0.4 is 5.32 Å². The first-order valence-electron chi connectivity index (χ1n) is 5.41. The molecule has 1 atom stereocenters. The summed E-state index contributed by atoms with van der Waals surface area (Å²) in [5, 5.41) is 11.6. The van der Waals surface area contributed by atoms with Crippen LogP contribution in [0.2, 0.25) is 0 Å². The van der Waals surface area contributed by atoms with E-state index in [1.807, 2.05) is 11.8 Å². The number of aliphatic hydroxyl groups excluding tert-OH is 1. The van der Waals surface area contributed by atoms with E-state index in [1.165, 1.54) is 0 Å². The van der Waals surface area contributed by atoms with Gasteiger partial charge in [-0.1, -0.05) is 6.92 Å². The molecule has 0 aromatic carbocycles. The largest absolute Gasteiger partial charge is 0.396 e. The van der Waals surface area contributed by atoms with Crippen molar-refractivity contribution in [1.29, 1.82) is 0 Å². The zero-order valence-electron chi connectivity index (χ0n) is 8.83. The summed E-state index contributed by atoms with van der Waals surface area (Å²) in [4.78, 5) is 13.3. The van der Waals surface area contributed by atoms with Crippen LogP contribution in [-0.2, 0) is 0 Å². The molecule has 1 saturated heterocycles. The molecule has 0 aliphatic carbocycles. The summed E-state index contributed by atoms with van der Waals surface area (Å²) in [6, 6.07) is 0.0484. The maximum atomic E-state index is 11.5. The Morgan fingerprint density at radius 3 is 3.07 bits per heavy atom. The van der Waals surface area contributed by atoms with Gasteiger partial charge in [0.15, 0.2) is 0 Å². The van der Waals surface area contributed by atoms with Crippen LogP contribution in [0.25, 0.3) is 0 Å². The highest BCUT2D eigenvalue weighted by molar-refractivity contribution is 5.74. The smallest absolute Gasteiger partial charge is 0.317 e. The fourth-order valence-corrected chi connectivity index (χ4v) is 1.78. The molecule has 0 saturated carbocycles. The number of nitrogens with zero attached hydrogens (tertiary/aromatic N) is 1. The van der Waals surface area contributed by atoms with Crippen LogP contribution in [0.1, 0.15) is 26.2 Å². The molecule has 0 spiro atoms. The fourth-order valence-electron chi connectivity index (χ4n) is 1.78. The number of carbonyl (C=O) groups is 1. The van der Waals surface area contributed by atoms with Crippen molar-refractivity contribution in [3.63, 3.8) is 0 Å². The molecule has 0 aromatic heterocycles. The molecule has 4 nitrogen and oxygen atoms in total. The normalized spacial score (nSPS) is 21.3. The Morgan fingerprint density at radius 2 is 2.43 bits per heavy atom. The minimum absolute atomic E-state index is 0.0484. The molecule has 1 heterocycles. The number of amides is 2. The number of hydrogen-bond acceptors (Lipinski definition) is 2. The van der Waals surface area contributed by atoms with Crippen LogP contribution in [0, 0.1) is 5.92 Å². The SMILES string of the molecule is CCCNC(=O)N1CCC(CCO)C1. The van der Waals surface area contributed by atoms with Crippen molar-refractivity contribution in [2.45, 2.75) is 26.2 Å². The summed E-state index contributed by atoms with van der Waals surface area (Å²) in [5.74, 6) is 0.493. The van der Waals surface area contributed by atoms with Gasteiger partial charge in [0.25, 0.3) is 0 Å². The van der Waals surface area contributed by atoms with Gasteiger partial charge in [-0.2, -0.15) is 0 Å². The van der Waals surface area contributed by atoms with E-state index in [2.05, 4.69) is 5.32 Å². The molecular weight excluding hydrogens is 180 g/mol. The van der Waals surface area contributed by atoms with Crippen LogP contribution in [0.5, 0.6) is 0 Å². The predicted octanol–water partition coefficient (Wildman–Crippen LogP) is 0.810. The predicted molar refractivity (Wildman–Crippen MR) is 55.1 cm³/mol. The van der Waals surface area contributed by atoms with Crippen molar-refractivity contribution in [1.82, 2.24) is 10.2 Å². The molecule has 1 aliphatic heterocycles. The minimum atomic E-state index is 0.0484. The number of nitrogens with one attached hydrogen (secondary N) is 1. The molecule has 0 radical (unpaired) electrons. The van der Waals surface area contributed by atoms with Gasteiger partial charge < -0.3 is 15.3 Å². The van der Waals surface area contributed by atoms with E-state index in [0.29, 0.717) is 5.92 Å². The third-order valence-electron chi connectivity index (χ3n) is 2.64. The van der Waals surface area contributed by atoms with Gasteiger partial charge in [0.05, 0.1) is 0 Å². The van der Waals surface area contributed by atoms with Gasteiger partial charge >= 0.3 is 6.03 Å². The van der Waals surface area contributed by atoms with Crippen LogP contribution in [0.15, 0.2) is 0 Å². The lowest BCUT2D eigenvalue weighted by Gasteiger charge is -2.16. The standard InChI is InChI=1S/C10H20N2O2/c1-2-5-11-10(14)12-6-3-9(8-12)4-7-13/h9,13H,2-8H2,1H3,(H,11,14). The molecule has 1 aliphatic rings. The summed E-state index contributed by atoms with van der Waals surface area (Å²) in [7, 11) is 0. The van der Waals surface area contributed by atoms with E-state index in [-0.39, 0.29) is 12.6 Å². The monoisotopic (exact) mass is 200 g/mol. The fraction of sp³-hybridized carbons (Fsp3) is 0.900. The first-order valence-corrected chi connectivity index (χ1v) is 5.41. The minimum Gasteiger partial charge on any atom is -0.396 e. The molecular formula is C10H20N2O2. The van der Waals surface area contributed by atoms with Gasteiger partial charge in [-0.05, 0) is 25.2 Å². The van der Waals surface area contributed by atoms with Crippen molar-refractivity contribution in [3.8, 4) is 0 Å². The highest BCUT2D eigenvalue weighted by atomic mass is 16.3. The van der Waals surface area contributed by atoms with Gasteiger partial charge in [0.1, 0.15) is 0 Å². The highest BCUT2D eigenvalue weighted by Gasteiger charge is 2.25. The molecule has 14 heavy (non-hydrogen) atoms. The van der Waals surface area contributed by atoms with E-state index < -0.39 is 0 Å². The van der Waals surface area contributed by atoms with Crippen molar-refractivity contribution in [2.24, 2.45) is 5.92 Å². The van der Waals surface area contributed by atoms with Gasteiger partial charge in [0, 0.05) is 26.2 Å². The molecule has 2 N–H and O–H groups in total. The highest BCUT2D eigenvalue weighted by Crippen LogP contribution is 2.18. The molecule has 1 unspecified atom stereocenters. The quantitative estimate of drug-likeness (QED) is 0.705. The maximum Gasteiger partial charge on any atom is 0.317 e. The van der Waals surface area contributed by atoms with Gasteiger partial charge in [-0.3, -0.25) is 0 Å². The number of likely N-dealkylation sites (tertiary alicyclic amines) is 1. The van der Waals surface area contributed by atoms with Gasteiger partial charge in [-0.15, -0.1) is 0 Å². The molecule has 0 bridgehead atoms. The molecule has 4 heteroatoms. The Kier molecular flexibility index (Phi) is 4.73. The Bertz CT molecular complexity index is 185. The van der Waals surface area contributed by atoms with E-state index in [9.17, 15) is 4.79 Å². The van der Waals surface area contributed by atoms with Crippen molar-refractivity contribution < 1.29 is 9.90 Å². The average molecular weight is 200 g/mol. The second kappa shape index (κ2) is 5.86. The van der Waals surface area contributed by atoms with Crippen molar-refractivity contribution in [2.75, 3.05) is 26.2 Å². The zero-order valence-corrected chi connectivity index (χ0v) is 8.83. The average Bonchev–Trinajstić information content (AvgIpc) is 2.63. The van der Waals surface area contributed by atoms with Crippen LogP contribution in [0.3, 0.4) is 0 Å². The lowest BCUT2D eigenvalue weighted by Crippen LogP contribution is -2.38. The summed E-state index contributed by atoms with van der Waals surface area (Å²) in [5.41, 5.74) is 0. The molecule has 1 fully saturated rings. The Balaban J connectivity index is 2.23. The zero-order chi connectivity index (χ0) is 10.4. The Hall–Kier alpha value is -0.770. The first kappa shape index (κ1) is 11.3. The molecule has 0 aromatic rings. The Labute approximate surface area is 85.3 Å². The topological polar surface area (TPSA) is 52.6 Å². The van der Waals surface area contributed by atoms with Gasteiger partial charge in [-0.25, -0.2) is 4.79 Å². The third-order valence-corrected chi connectivity index (χ3v) is 2.64. The summed E-state index contributed by atoms with van der Waals surface area (Å²) in [6.07, 6.45) is 2.82. The summed E-state index contributed by atoms with van der Waals surface area (Å²) < 4.78 is 0. The first-order chi connectivity index (χ1) is 6.77. The van der Waals surface area contributed by atoms with E-state index in [1.54, 1.807) is 0 Å². The van der Waals surface area contributed by atoms with E-state index >= 15 is 0 Å². The second-order valence-corrected chi connectivity index (χ2v) is 3.84. The number of rotatable bonds is 4. The van der Waals surface area contributed by atoms with E-state index in [4.69, 9.17) is 5.11 Å². The van der Waals surface area contributed by atoms with Crippen LogP contribution in [0.4, 0.5) is 4.79 Å². The lowest BCUT2D eigenvalue weighted by molar-refractivity contribution is 0.204. The number of hydrogen-bond donors (Lipinski definition) is 2. The Morgan fingerprint density at radius 1 is 1.64 bits per heavy atom. The molecule has 1 rings (SSSR count). The number of carbonyl (C=O) groups excluding carboxylic acids is 1. The van der Waals surface area contributed by atoms with E-state index in [0.717, 1.165) is 38.9 Å². The van der Waals surface area contributed by atoms with Crippen LogP contribution >= 0.6 is 0 Å². The lowest BCUT2D eigenvalue weighted by atomic mass is 10.1. The molecule has 2 amide bonds. The van der Waals surface area contributed by atoms with Crippen LogP contribution in [-0.4, -0.2) is 42.3 Å². The molecule has 82 valence electrons. The van der Waals surface area contributed by atoms with Gasteiger partial charge in [0.2, 0.25) is 0 Å². The number of urea groups is 1. The van der Waals surface area contributed by atoms with Crippen molar-refractivity contribution in [3.05, 3.63) is 0 Å². The maximum absolute atomic E-state index is 11.5. The second-order valence-electron chi connectivity index (χ2n) is 3.84. The third kappa shape index (κ3) is 3.18. The summed E-state index contributed by atoms with van der Waals surface area (Å²) in [6.45, 7) is 4.66. The van der Waals surface area contributed by atoms with Crippen molar-refractivity contribution >= 4 is 6.03 Å². The summed E-state index contributed by atoms with van der Waals surface area (Å²) >= 11 is 0.